The summed E-state index contributed by atoms with van der Waals surface area (Å²) in [4.78, 5) is 19.6. The molecule has 0 saturated heterocycles. The molecule has 1 aromatic heterocycles. The maximum Gasteiger partial charge on any atom is 0.254 e. The highest BCUT2D eigenvalue weighted by molar-refractivity contribution is 5.93. The van der Waals surface area contributed by atoms with Gasteiger partial charge in [-0.25, -0.2) is 9.97 Å². The molecule has 1 rings (SSSR count). The van der Waals surface area contributed by atoms with Crippen molar-refractivity contribution in [3.8, 4) is 0 Å². The number of rotatable bonds is 7. The summed E-state index contributed by atoms with van der Waals surface area (Å²) in [5, 5.41) is 2.88. The van der Waals surface area contributed by atoms with Gasteiger partial charge in [-0.05, 0) is 13.3 Å². The van der Waals surface area contributed by atoms with Crippen molar-refractivity contribution < 1.29 is 4.79 Å². The first-order chi connectivity index (χ1) is 8.24. The lowest BCUT2D eigenvalue weighted by Gasteiger charge is -2.04. The van der Waals surface area contributed by atoms with E-state index in [-0.39, 0.29) is 5.91 Å². The number of nitrogens with one attached hydrogen (secondary N) is 1. The zero-order valence-electron chi connectivity index (χ0n) is 10.7. The van der Waals surface area contributed by atoms with Crippen molar-refractivity contribution in [1.29, 1.82) is 0 Å². The Morgan fingerprint density at radius 1 is 1.18 bits per heavy atom. The Hall–Kier alpha value is -1.45. The van der Waals surface area contributed by atoms with E-state index in [4.69, 9.17) is 0 Å². The molecule has 94 valence electrons. The van der Waals surface area contributed by atoms with Crippen LogP contribution in [0.25, 0.3) is 0 Å². The average molecular weight is 235 g/mol. The van der Waals surface area contributed by atoms with Crippen LogP contribution in [-0.2, 0) is 0 Å². The fourth-order valence-corrected chi connectivity index (χ4v) is 1.54. The summed E-state index contributed by atoms with van der Waals surface area (Å²) < 4.78 is 0. The van der Waals surface area contributed by atoms with Crippen LogP contribution in [-0.4, -0.2) is 22.4 Å². The average Bonchev–Trinajstić information content (AvgIpc) is 2.34. The lowest BCUT2D eigenvalue weighted by molar-refractivity contribution is 0.0952. The van der Waals surface area contributed by atoms with E-state index in [9.17, 15) is 4.79 Å². The maximum atomic E-state index is 11.7. The normalized spacial score (nSPS) is 10.2. The Bertz CT molecular complexity index is 335. The predicted molar refractivity (Wildman–Crippen MR) is 67.9 cm³/mol. The van der Waals surface area contributed by atoms with Gasteiger partial charge in [0.15, 0.2) is 0 Å². The van der Waals surface area contributed by atoms with Crippen LogP contribution in [0.15, 0.2) is 12.4 Å². The third-order valence-electron chi connectivity index (χ3n) is 2.61. The molecule has 1 amide bonds. The molecule has 0 aliphatic heterocycles. The molecule has 0 saturated carbocycles. The van der Waals surface area contributed by atoms with Crippen LogP contribution in [0.5, 0.6) is 0 Å². The molecule has 1 heterocycles. The first-order valence-electron chi connectivity index (χ1n) is 6.31. The monoisotopic (exact) mass is 235 g/mol. The van der Waals surface area contributed by atoms with E-state index in [1.165, 1.54) is 25.7 Å². The highest BCUT2D eigenvalue weighted by Gasteiger charge is 2.04. The van der Waals surface area contributed by atoms with Crippen LogP contribution in [0.3, 0.4) is 0 Å². The Morgan fingerprint density at radius 2 is 1.82 bits per heavy atom. The Morgan fingerprint density at radius 3 is 2.47 bits per heavy atom. The van der Waals surface area contributed by atoms with E-state index >= 15 is 0 Å². The van der Waals surface area contributed by atoms with Gasteiger partial charge in [0.25, 0.3) is 5.91 Å². The van der Waals surface area contributed by atoms with Gasteiger partial charge in [-0.15, -0.1) is 0 Å². The summed E-state index contributed by atoms with van der Waals surface area (Å²) in [6, 6.07) is 0. The molecule has 0 atom stereocenters. The van der Waals surface area contributed by atoms with Gasteiger partial charge in [0.2, 0.25) is 0 Å². The lowest BCUT2D eigenvalue weighted by Crippen LogP contribution is -2.24. The Kier molecular flexibility index (Phi) is 6.22. The second-order valence-corrected chi connectivity index (χ2v) is 4.19. The largest absolute Gasteiger partial charge is 0.352 e. The van der Waals surface area contributed by atoms with Crippen molar-refractivity contribution in [2.75, 3.05) is 6.54 Å². The molecular weight excluding hydrogens is 214 g/mol. The number of hydrogen-bond donors (Lipinski definition) is 1. The van der Waals surface area contributed by atoms with Crippen LogP contribution in [0, 0.1) is 6.92 Å². The van der Waals surface area contributed by atoms with Crippen LogP contribution < -0.4 is 5.32 Å². The Labute approximate surface area is 103 Å². The van der Waals surface area contributed by atoms with Gasteiger partial charge in [-0.1, -0.05) is 32.6 Å². The number of carbonyl (C=O) groups excluding carboxylic acids is 1. The van der Waals surface area contributed by atoms with Crippen molar-refractivity contribution >= 4 is 5.91 Å². The third-order valence-corrected chi connectivity index (χ3v) is 2.61. The number of hydrogen-bond acceptors (Lipinski definition) is 3. The van der Waals surface area contributed by atoms with Crippen LogP contribution in [0.2, 0.25) is 0 Å². The smallest absolute Gasteiger partial charge is 0.254 e. The molecule has 0 aliphatic rings. The summed E-state index contributed by atoms with van der Waals surface area (Å²) in [5.41, 5.74) is 0.532. The molecule has 0 fully saturated rings. The highest BCUT2D eigenvalue weighted by atomic mass is 16.1. The molecular formula is C13H21N3O. The van der Waals surface area contributed by atoms with Gasteiger partial charge in [0.05, 0.1) is 5.56 Å². The molecule has 1 N–H and O–H groups in total. The number of carbonyl (C=O) groups is 1. The first kappa shape index (κ1) is 13.6. The summed E-state index contributed by atoms with van der Waals surface area (Å²) in [7, 11) is 0. The van der Waals surface area contributed by atoms with Crippen molar-refractivity contribution in [1.82, 2.24) is 15.3 Å². The fraction of sp³-hybridized carbons (Fsp3) is 0.615. The van der Waals surface area contributed by atoms with E-state index in [2.05, 4.69) is 22.2 Å². The molecule has 1 aromatic rings. The van der Waals surface area contributed by atoms with Crippen LogP contribution in [0.1, 0.15) is 55.2 Å². The van der Waals surface area contributed by atoms with E-state index < -0.39 is 0 Å². The second kappa shape index (κ2) is 7.76. The van der Waals surface area contributed by atoms with E-state index in [1.54, 1.807) is 19.3 Å². The number of unbranched alkanes of at least 4 members (excludes halogenated alkanes) is 4. The summed E-state index contributed by atoms with van der Waals surface area (Å²) in [5.74, 6) is 0.599. The van der Waals surface area contributed by atoms with E-state index in [0.717, 1.165) is 13.0 Å². The molecule has 0 aromatic carbocycles. The molecule has 0 spiro atoms. The summed E-state index contributed by atoms with van der Waals surface area (Å²) in [6.07, 6.45) is 9.12. The number of aromatic nitrogens is 2. The minimum absolute atomic E-state index is 0.0829. The van der Waals surface area contributed by atoms with Gasteiger partial charge in [0.1, 0.15) is 5.82 Å². The molecule has 0 aliphatic carbocycles. The van der Waals surface area contributed by atoms with Crippen molar-refractivity contribution in [2.24, 2.45) is 0 Å². The highest BCUT2D eigenvalue weighted by Crippen LogP contribution is 2.01. The quantitative estimate of drug-likeness (QED) is 0.739. The fourth-order valence-electron chi connectivity index (χ4n) is 1.54. The van der Waals surface area contributed by atoms with Crippen LogP contribution in [0.4, 0.5) is 0 Å². The SMILES string of the molecule is CCCCCCCNC(=O)c1cnc(C)nc1. The number of amides is 1. The topological polar surface area (TPSA) is 54.9 Å². The molecule has 17 heavy (non-hydrogen) atoms. The number of aryl methyl sites for hydroxylation is 1. The van der Waals surface area contributed by atoms with Gasteiger partial charge >= 0.3 is 0 Å². The summed E-state index contributed by atoms with van der Waals surface area (Å²) >= 11 is 0. The van der Waals surface area contributed by atoms with Gasteiger partial charge in [-0.3, -0.25) is 4.79 Å². The van der Waals surface area contributed by atoms with Crippen molar-refractivity contribution in [3.63, 3.8) is 0 Å². The van der Waals surface area contributed by atoms with Crippen molar-refractivity contribution in [3.05, 3.63) is 23.8 Å². The third kappa shape index (κ3) is 5.43. The molecule has 0 unspecified atom stereocenters. The maximum absolute atomic E-state index is 11.7. The van der Waals surface area contributed by atoms with Gasteiger partial charge in [-0.2, -0.15) is 0 Å². The minimum Gasteiger partial charge on any atom is -0.352 e. The van der Waals surface area contributed by atoms with E-state index in [0.29, 0.717) is 11.4 Å². The second-order valence-electron chi connectivity index (χ2n) is 4.19. The lowest BCUT2D eigenvalue weighted by atomic mass is 10.1. The molecule has 0 bridgehead atoms. The molecule has 4 heteroatoms. The molecule has 4 nitrogen and oxygen atoms in total. The zero-order chi connectivity index (χ0) is 12.5. The first-order valence-corrected chi connectivity index (χ1v) is 6.31. The van der Waals surface area contributed by atoms with E-state index in [1.807, 2.05) is 0 Å². The van der Waals surface area contributed by atoms with Crippen LogP contribution >= 0.6 is 0 Å². The van der Waals surface area contributed by atoms with Gasteiger partial charge in [0, 0.05) is 18.9 Å². The van der Waals surface area contributed by atoms with Gasteiger partial charge < -0.3 is 5.32 Å². The predicted octanol–water partition coefficient (Wildman–Crippen LogP) is 2.49. The standard InChI is InChI=1S/C13H21N3O/c1-3-4-5-6-7-8-14-13(17)12-9-15-11(2)16-10-12/h9-10H,3-8H2,1-2H3,(H,14,17). The minimum atomic E-state index is -0.0829. The summed E-state index contributed by atoms with van der Waals surface area (Å²) in [6.45, 7) is 4.73. The Balaban J connectivity index is 2.19. The zero-order valence-corrected chi connectivity index (χ0v) is 10.7. The molecule has 0 radical (unpaired) electrons. The van der Waals surface area contributed by atoms with Crippen molar-refractivity contribution in [2.45, 2.75) is 46.0 Å². The number of nitrogens with zero attached hydrogens (tertiary/aromatic N) is 2.